The highest BCUT2D eigenvalue weighted by Gasteiger charge is 2.31. The average molecular weight is 388 g/mol. The van der Waals surface area contributed by atoms with E-state index in [0.29, 0.717) is 13.1 Å². The molecule has 1 aromatic rings. The molecular weight excluding hydrogens is 369 g/mol. The lowest BCUT2D eigenvalue weighted by Gasteiger charge is -2.40. The molecule has 1 fully saturated rings. The minimum absolute atomic E-state index is 0.0998. The van der Waals surface area contributed by atoms with Crippen LogP contribution in [-0.4, -0.2) is 70.7 Å². The minimum atomic E-state index is -0.491. The zero-order valence-electron chi connectivity index (χ0n) is 13.4. The maximum Gasteiger partial charge on any atom is 0.246 e. The van der Waals surface area contributed by atoms with Crippen LogP contribution >= 0.6 is 23.2 Å². The van der Waals surface area contributed by atoms with E-state index in [1.165, 1.54) is 28.0 Å². The van der Waals surface area contributed by atoms with Gasteiger partial charge in [0.25, 0.3) is 0 Å². The van der Waals surface area contributed by atoms with Crippen molar-refractivity contribution in [2.45, 2.75) is 6.04 Å². The molecule has 3 N–H and O–H groups in total. The lowest BCUT2D eigenvalue weighted by molar-refractivity contribution is -0.140. The highest BCUT2D eigenvalue weighted by Crippen LogP contribution is 2.33. The number of hydrogen-bond donors (Lipinski definition) is 3. The highest BCUT2D eigenvalue weighted by molar-refractivity contribution is 6.42. The number of anilines is 1. The number of carbonyl (C=O) groups excluding carboxylic acids is 2. The largest absolute Gasteiger partial charge is 0.506 e. The summed E-state index contributed by atoms with van der Waals surface area (Å²) in [5.41, 5.74) is 0.281. The molecule has 1 aliphatic heterocycles. The van der Waals surface area contributed by atoms with Crippen molar-refractivity contribution in [2.24, 2.45) is 0 Å². The molecule has 1 atom stereocenters. The fraction of sp³-hybridized carbons (Fsp3) is 0.375. The Morgan fingerprint density at radius 2 is 2.00 bits per heavy atom. The first-order valence-corrected chi connectivity index (χ1v) is 8.36. The van der Waals surface area contributed by atoms with E-state index < -0.39 is 6.04 Å². The van der Waals surface area contributed by atoms with Crippen molar-refractivity contribution in [3.05, 3.63) is 34.8 Å². The normalized spacial score (nSPS) is 17.3. The van der Waals surface area contributed by atoms with E-state index in [2.05, 4.69) is 11.9 Å². The fourth-order valence-electron chi connectivity index (χ4n) is 2.62. The monoisotopic (exact) mass is 387 g/mol. The van der Waals surface area contributed by atoms with Crippen LogP contribution in [-0.2, 0) is 9.59 Å². The molecule has 1 saturated heterocycles. The Kier molecular flexibility index (Phi) is 6.52. The second kappa shape index (κ2) is 8.42. The van der Waals surface area contributed by atoms with Gasteiger partial charge in [0.05, 0.1) is 34.9 Å². The lowest BCUT2D eigenvalue weighted by Crippen LogP contribution is -2.58. The summed E-state index contributed by atoms with van der Waals surface area (Å²) in [6.07, 6.45) is 1.21. The molecule has 1 aliphatic rings. The molecule has 7 nitrogen and oxygen atoms in total. The number of phenolic OH excluding ortho intramolecular Hbond substituents is 1. The molecule has 0 radical (unpaired) electrons. The van der Waals surface area contributed by atoms with Crippen molar-refractivity contribution in [1.82, 2.24) is 9.80 Å². The lowest BCUT2D eigenvalue weighted by atomic mass is 10.1. The van der Waals surface area contributed by atoms with Gasteiger partial charge >= 0.3 is 0 Å². The van der Waals surface area contributed by atoms with E-state index in [0.717, 1.165) is 0 Å². The van der Waals surface area contributed by atoms with Gasteiger partial charge in [-0.15, -0.1) is 0 Å². The zero-order chi connectivity index (χ0) is 18.6. The van der Waals surface area contributed by atoms with Gasteiger partial charge in [-0.1, -0.05) is 29.8 Å². The first kappa shape index (κ1) is 19.4. The molecule has 1 heterocycles. The number of aliphatic hydroxyl groups is 1. The second-order valence-corrected chi connectivity index (χ2v) is 6.36. The van der Waals surface area contributed by atoms with Crippen LogP contribution in [0.3, 0.4) is 0 Å². The fourth-order valence-corrected chi connectivity index (χ4v) is 2.94. The number of aliphatic hydroxyl groups excluding tert-OH is 1. The van der Waals surface area contributed by atoms with Crippen molar-refractivity contribution < 1.29 is 19.8 Å². The minimum Gasteiger partial charge on any atom is -0.506 e. The average Bonchev–Trinajstić information content (AvgIpc) is 2.62. The number of carbonyl (C=O) groups is 2. The van der Waals surface area contributed by atoms with Crippen LogP contribution in [0.1, 0.15) is 0 Å². The Labute approximate surface area is 155 Å². The van der Waals surface area contributed by atoms with Gasteiger partial charge in [-0.05, 0) is 12.1 Å². The summed E-state index contributed by atoms with van der Waals surface area (Å²) in [5.74, 6) is -0.623. The molecule has 2 amide bonds. The first-order valence-electron chi connectivity index (χ1n) is 7.61. The molecule has 0 spiro atoms. The van der Waals surface area contributed by atoms with Crippen molar-refractivity contribution >= 4 is 40.7 Å². The van der Waals surface area contributed by atoms with E-state index >= 15 is 0 Å². The van der Waals surface area contributed by atoms with Gasteiger partial charge in [-0.2, -0.15) is 0 Å². The number of piperazine rings is 1. The summed E-state index contributed by atoms with van der Waals surface area (Å²) in [7, 11) is 0. The van der Waals surface area contributed by atoms with Crippen LogP contribution in [0.2, 0.25) is 10.0 Å². The Hall–Kier alpha value is -1.96. The number of phenols is 1. The number of halogens is 2. The van der Waals surface area contributed by atoms with Crippen LogP contribution in [0.4, 0.5) is 5.69 Å². The van der Waals surface area contributed by atoms with Gasteiger partial charge in [0, 0.05) is 25.7 Å². The maximum absolute atomic E-state index is 12.4. The molecule has 0 saturated carbocycles. The van der Waals surface area contributed by atoms with E-state index in [9.17, 15) is 19.8 Å². The zero-order valence-corrected chi connectivity index (χ0v) is 14.9. The molecule has 9 heteroatoms. The molecule has 2 rings (SSSR count). The topological polar surface area (TPSA) is 93.1 Å². The third kappa shape index (κ3) is 4.56. The SMILES string of the molecule is C=CC(=O)N1CCN(C(=O)CNc2cc(Cl)c(Cl)cc2O)C(CO)C1. The smallest absolute Gasteiger partial charge is 0.246 e. The van der Waals surface area contributed by atoms with Crippen LogP contribution in [0, 0.1) is 0 Å². The molecule has 0 aliphatic carbocycles. The Morgan fingerprint density at radius 3 is 2.64 bits per heavy atom. The van der Waals surface area contributed by atoms with E-state index in [4.69, 9.17) is 23.2 Å². The number of aromatic hydroxyl groups is 1. The van der Waals surface area contributed by atoms with Gasteiger partial charge in [-0.25, -0.2) is 0 Å². The molecule has 25 heavy (non-hydrogen) atoms. The summed E-state index contributed by atoms with van der Waals surface area (Å²) in [6, 6.07) is 2.22. The summed E-state index contributed by atoms with van der Waals surface area (Å²) >= 11 is 11.7. The summed E-state index contributed by atoms with van der Waals surface area (Å²) in [4.78, 5) is 27.2. The van der Waals surface area contributed by atoms with Crippen molar-refractivity contribution in [3.63, 3.8) is 0 Å². The standard InChI is InChI=1S/C16H19Cl2N3O4/c1-2-15(24)20-3-4-21(10(8-20)9-22)16(25)7-19-13-5-11(17)12(18)6-14(13)23/h2,5-6,10,19,22-23H,1,3-4,7-9H2. The van der Waals surface area contributed by atoms with Gasteiger partial charge in [0.1, 0.15) is 5.75 Å². The van der Waals surface area contributed by atoms with E-state index in [1.807, 2.05) is 0 Å². The number of amides is 2. The van der Waals surface area contributed by atoms with Gasteiger partial charge < -0.3 is 25.3 Å². The van der Waals surface area contributed by atoms with Crippen molar-refractivity contribution in [2.75, 3.05) is 38.1 Å². The third-order valence-corrected chi connectivity index (χ3v) is 4.69. The Morgan fingerprint density at radius 1 is 1.32 bits per heavy atom. The predicted octanol–water partition coefficient (Wildman–Crippen LogP) is 1.33. The van der Waals surface area contributed by atoms with Crippen molar-refractivity contribution in [1.29, 1.82) is 0 Å². The maximum atomic E-state index is 12.4. The number of nitrogens with one attached hydrogen (secondary N) is 1. The first-order chi connectivity index (χ1) is 11.9. The molecule has 136 valence electrons. The molecule has 1 aromatic carbocycles. The second-order valence-electron chi connectivity index (χ2n) is 5.55. The van der Waals surface area contributed by atoms with Crippen LogP contribution < -0.4 is 5.32 Å². The number of rotatable bonds is 5. The number of hydrogen-bond acceptors (Lipinski definition) is 5. The third-order valence-electron chi connectivity index (χ3n) is 3.97. The Bertz CT molecular complexity index is 684. The van der Waals surface area contributed by atoms with Gasteiger partial charge in [0.2, 0.25) is 11.8 Å². The number of benzene rings is 1. The van der Waals surface area contributed by atoms with Crippen LogP contribution in [0.5, 0.6) is 5.75 Å². The Balaban J connectivity index is 2.00. The van der Waals surface area contributed by atoms with Crippen LogP contribution in [0.15, 0.2) is 24.8 Å². The predicted molar refractivity (Wildman–Crippen MR) is 96.0 cm³/mol. The van der Waals surface area contributed by atoms with Crippen molar-refractivity contribution in [3.8, 4) is 5.75 Å². The summed E-state index contributed by atoms with van der Waals surface area (Å²) < 4.78 is 0. The molecule has 1 unspecified atom stereocenters. The molecule has 0 bridgehead atoms. The van der Waals surface area contributed by atoms with E-state index in [-0.39, 0.29) is 53.0 Å². The quantitative estimate of drug-likeness (QED) is 0.523. The summed E-state index contributed by atoms with van der Waals surface area (Å²) in [6.45, 7) is 3.99. The molecular formula is C16H19Cl2N3O4. The van der Waals surface area contributed by atoms with Gasteiger partial charge in [0.15, 0.2) is 0 Å². The van der Waals surface area contributed by atoms with Gasteiger partial charge in [-0.3, -0.25) is 9.59 Å². The van der Waals surface area contributed by atoms with E-state index in [1.54, 1.807) is 0 Å². The summed E-state index contributed by atoms with van der Waals surface area (Å²) in [5, 5.41) is 22.6. The highest BCUT2D eigenvalue weighted by atomic mass is 35.5. The number of nitrogens with zero attached hydrogens (tertiary/aromatic N) is 2. The molecule has 0 aromatic heterocycles. The van der Waals surface area contributed by atoms with Crippen LogP contribution in [0.25, 0.3) is 0 Å².